The molecule has 0 saturated carbocycles. The van der Waals surface area contributed by atoms with Gasteiger partial charge in [-0.2, -0.15) is 0 Å². The highest BCUT2D eigenvalue weighted by Crippen LogP contribution is 2.36. The fourth-order valence-electron chi connectivity index (χ4n) is 2.41. The number of nitroso groups, excluding NO2 is 1. The zero-order valence-corrected chi connectivity index (χ0v) is 12.5. The number of hydrogen-bond acceptors (Lipinski definition) is 4. The van der Waals surface area contributed by atoms with Crippen LogP contribution in [0.4, 0.5) is 4.79 Å². The Kier molecular flexibility index (Phi) is 4.38. The van der Waals surface area contributed by atoms with Gasteiger partial charge in [-0.1, -0.05) is 20.4 Å². The molecule has 1 aliphatic heterocycles. The molecular weight excluding hydrogens is 244 g/mol. The Morgan fingerprint density at radius 3 is 2.47 bits per heavy atom. The van der Waals surface area contributed by atoms with Gasteiger partial charge in [0.25, 0.3) is 0 Å². The topological polar surface area (TPSA) is 59.0 Å². The lowest BCUT2D eigenvalue weighted by molar-refractivity contribution is 0.00220. The molecule has 0 N–H and O–H groups in total. The standard InChI is InChI=1S/C14H24N2O3/c1-10(15-18)11-7-14(5,6)9-16(8-11)12(17)19-13(2,3)4/h11H,1,7-9H2,2-6H3. The number of likely N-dealkylation sites (tertiary alicyclic amines) is 1. The number of hydrogen-bond donors (Lipinski definition) is 0. The zero-order valence-electron chi connectivity index (χ0n) is 12.5. The van der Waals surface area contributed by atoms with Crippen molar-refractivity contribution >= 4 is 6.09 Å². The van der Waals surface area contributed by atoms with Crippen LogP contribution in [-0.4, -0.2) is 29.7 Å². The minimum atomic E-state index is -0.520. The van der Waals surface area contributed by atoms with Gasteiger partial charge in [0, 0.05) is 19.0 Å². The molecule has 0 spiro atoms. The van der Waals surface area contributed by atoms with Gasteiger partial charge in [0.15, 0.2) is 0 Å². The van der Waals surface area contributed by atoms with Crippen LogP contribution in [0.3, 0.4) is 0 Å². The number of carbonyl (C=O) groups excluding carboxylic acids is 1. The molecule has 0 aromatic heterocycles. The summed E-state index contributed by atoms with van der Waals surface area (Å²) in [5.41, 5.74) is -0.289. The first-order valence-electron chi connectivity index (χ1n) is 6.54. The molecule has 0 aromatic carbocycles. The lowest BCUT2D eigenvalue weighted by Crippen LogP contribution is -2.49. The van der Waals surface area contributed by atoms with Gasteiger partial charge in [-0.15, -0.1) is 4.91 Å². The van der Waals surface area contributed by atoms with Crippen molar-refractivity contribution in [1.29, 1.82) is 0 Å². The van der Waals surface area contributed by atoms with E-state index in [1.165, 1.54) is 0 Å². The highest BCUT2D eigenvalue weighted by molar-refractivity contribution is 5.68. The van der Waals surface area contributed by atoms with Crippen molar-refractivity contribution in [2.75, 3.05) is 13.1 Å². The molecule has 1 amide bonds. The molecule has 1 heterocycles. The molecule has 0 bridgehead atoms. The predicted octanol–water partition coefficient (Wildman–Crippen LogP) is 3.55. The van der Waals surface area contributed by atoms with Crippen molar-refractivity contribution in [3.63, 3.8) is 0 Å². The SMILES string of the molecule is C=C(N=O)C1CN(C(=O)OC(C)(C)C)CC(C)(C)C1. The van der Waals surface area contributed by atoms with Gasteiger partial charge < -0.3 is 9.64 Å². The van der Waals surface area contributed by atoms with Crippen molar-refractivity contribution in [2.24, 2.45) is 16.5 Å². The van der Waals surface area contributed by atoms with E-state index in [0.29, 0.717) is 18.8 Å². The number of ether oxygens (including phenoxy) is 1. The number of piperidine rings is 1. The highest BCUT2D eigenvalue weighted by Gasteiger charge is 2.37. The third-order valence-corrected chi connectivity index (χ3v) is 3.10. The summed E-state index contributed by atoms with van der Waals surface area (Å²) in [5, 5.41) is 2.92. The van der Waals surface area contributed by atoms with E-state index in [0.717, 1.165) is 6.42 Å². The van der Waals surface area contributed by atoms with Gasteiger partial charge in [-0.25, -0.2) is 4.79 Å². The second kappa shape index (κ2) is 5.31. The third-order valence-electron chi connectivity index (χ3n) is 3.10. The van der Waals surface area contributed by atoms with E-state index in [1.54, 1.807) is 4.90 Å². The quantitative estimate of drug-likeness (QED) is 0.719. The van der Waals surface area contributed by atoms with Gasteiger partial charge in [0.1, 0.15) is 5.60 Å². The summed E-state index contributed by atoms with van der Waals surface area (Å²) >= 11 is 0. The van der Waals surface area contributed by atoms with Crippen LogP contribution in [0.5, 0.6) is 0 Å². The zero-order chi connectivity index (χ0) is 14.8. The maximum atomic E-state index is 12.1. The van der Waals surface area contributed by atoms with E-state index in [-0.39, 0.29) is 17.4 Å². The van der Waals surface area contributed by atoms with Crippen LogP contribution in [0.1, 0.15) is 41.0 Å². The average Bonchev–Trinajstić information content (AvgIpc) is 2.23. The third kappa shape index (κ3) is 4.65. The Morgan fingerprint density at radius 2 is 2.00 bits per heavy atom. The maximum Gasteiger partial charge on any atom is 0.410 e. The molecule has 1 rings (SSSR count). The minimum Gasteiger partial charge on any atom is -0.444 e. The van der Waals surface area contributed by atoms with E-state index >= 15 is 0 Å². The normalized spacial score (nSPS) is 22.8. The smallest absolute Gasteiger partial charge is 0.410 e. The minimum absolute atomic E-state index is 0.0759. The highest BCUT2D eigenvalue weighted by atomic mass is 16.6. The number of rotatable bonds is 2. The van der Waals surface area contributed by atoms with Gasteiger partial charge in [0.2, 0.25) is 0 Å². The van der Waals surface area contributed by atoms with E-state index < -0.39 is 5.60 Å². The number of carbonyl (C=O) groups is 1. The van der Waals surface area contributed by atoms with Crippen molar-refractivity contribution in [1.82, 2.24) is 4.90 Å². The summed E-state index contributed by atoms with van der Waals surface area (Å²) < 4.78 is 5.38. The van der Waals surface area contributed by atoms with E-state index in [1.807, 2.05) is 20.8 Å². The maximum absolute atomic E-state index is 12.1. The molecule has 0 aromatic rings. The largest absolute Gasteiger partial charge is 0.444 e. The van der Waals surface area contributed by atoms with Crippen molar-refractivity contribution in [2.45, 2.75) is 46.6 Å². The molecule has 5 heteroatoms. The van der Waals surface area contributed by atoms with Crippen molar-refractivity contribution in [3.8, 4) is 0 Å². The Bertz CT molecular complexity index is 383. The van der Waals surface area contributed by atoms with E-state index in [4.69, 9.17) is 4.74 Å². The fourth-order valence-corrected chi connectivity index (χ4v) is 2.41. The van der Waals surface area contributed by atoms with Crippen LogP contribution in [0.2, 0.25) is 0 Å². The fraction of sp³-hybridized carbons (Fsp3) is 0.786. The van der Waals surface area contributed by atoms with Crippen molar-refractivity contribution < 1.29 is 9.53 Å². The van der Waals surface area contributed by atoms with E-state index in [2.05, 4.69) is 25.6 Å². The summed E-state index contributed by atoms with van der Waals surface area (Å²) in [4.78, 5) is 24.4. The Hall–Kier alpha value is -1.39. The summed E-state index contributed by atoms with van der Waals surface area (Å²) in [6.45, 7) is 14.4. The van der Waals surface area contributed by atoms with Crippen molar-refractivity contribution in [3.05, 3.63) is 17.2 Å². The van der Waals surface area contributed by atoms with E-state index in [9.17, 15) is 9.70 Å². The first-order valence-corrected chi connectivity index (χ1v) is 6.54. The molecule has 19 heavy (non-hydrogen) atoms. The molecule has 0 radical (unpaired) electrons. The van der Waals surface area contributed by atoms with Crippen LogP contribution >= 0.6 is 0 Å². The molecule has 0 aliphatic carbocycles. The van der Waals surface area contributed by atoms with Crippen LogP contribution in [0.15, 0.2) is 17.5 Å². The predicted molar refractivity (Wildman–Crippen MR) is 74.6 cm³/mol. The second-order valence-electron chi connectivity index (χ2n) is 7.01. The molecule has 1 aliphatic rings. The average molecular weight is 268 g/mol. The van der Waals surface area contributed by atoms with Gasteiger partial charge in [-0.3, -0.25) is 0 Å². The van der Waals surface area contributed by atoms with Crippen LogP contribution in [0, 0.1) is 16.2 Å². The van der Waals surface area contributed by atoms with Crippen LogP contribution < -0.4 is 0 Å². The first-order chi connectivity index (χ1) is 8.54. The molecule has 1 atom stereocenters. The molecular formula is C14H24N2O3. The van der Waals surface area contributed by atoms with Gasteiger partial charge in [0.05, 0.1) is 5.70 Å². The number of amides is 1. The van der Waals surface area contributed by atoms with Gasteiger partial charge >= 0.3 is 6.09 Å². The van der Waals surface area contributed by atoms with Crippen LogP contribution in [-0.2, 0) is 4.74 Å². The van der Waals surface area contributed by atoms with Crippen LogP contribution in [0.25, 0.3) is 0 Å². The molecule has 1 fully saturated rings. The molecule has 1 unspecified atom stereocenters. The summed E-state index contributed by atoms with van der Waals surface area (Å²) in [5.74, 6) is -0.0891. The summed E-state index contributed by atoms with van der Waals surface area (Å²) in [6.07, 6.45) is 0.459. The van der Waals surface area contributed by atoms with Gasteiger partial charge in [-0.05, 0) is 37.8 Å². The number of nitrogens with zero attached hydrogens (tertiary/aromatic N) is 2. The first kappa shape index (κ1) is 15.7. The lowest BCUT2D eigenvalue weighted by atomic mass is 9.78. The Labute approximate surface area is 115 Å². The summed E-state index contributed by atoms with van der Waals surface area (Å²) in [6, 6.07) is 0. The molecule has 108 valence electrons. The monoisotopic (exact) mass is 268 g/mol. The molecule has 1 saturated heterocycles. The summed E-state index contributed by atoms with van der Waals surface area (Å²) in [7, 11) is 0. The Balaban J connectivity index is 2.81. The second-order valence-corrected chi connectivity index (χ2v) is 7.01. The molecule has 5 nitrogen and oxygen atoms in total. The Morgan fingerprint density at radius 1 is 1.42 bits per heavy atom. The lowest BCUT2D eigenvalue weighted by Gasteiger charge is -2.42.